The van der Waals surface area contributed by atoms with Crippen LogP contribution in [0.3, 0.4) is 0 Å². The fraction of sp³-hybridized carbons (Fsp3) is 0.214. The van der Waals surface area contributed by atoms with Gasteiger partial charge >= 0.3 is 0 Å². The highest BCUT2D eigenvalue weighted by Gasteiger charge is 2.26. The topological polar surface area (TPSA) is 104 Å². The number of carbonyl (C=O) groups is 1. The smallest absolute Gasteiger partial charge is 0.247 e. The van der Waals surface area contributed by atoms with Crippen LogP contribution in [0.2, 0.25) is 0 Å². The van der Waals surface area contributed by atoms with Crippen LogP contribution >= 0.6 is 0 Å². The molecule has 1 amide bonds. The number of carbonyl (C=O) groups excluding carboxylic acids is 1. The molecular weight excluding hydrogens is 485 g/mol. The van der Waals surface area contributed by atoms with Crippen molar-refractivity contribution in [2.24, 2.45) is 0 Å². The molecule has 1 aliphatic rings. The fourth-order valence-corrected chi connectivity index (χ4v) is 4.37. The number of fused-ring (bicyclic) bond motifs is 1. The Kier molecular flexibility index (Phi) is 7.41. The molecule has 38 heavy (non-hydrogen) atoms. The third-order valence-corrected chi connectivity index (χ3v) is 6.25. The lowest BCUT2D eigenvalue weighted by atomic mass is 10.0. The van der Waals surface area contributed by atoms with Crippen LogP contribution in [0.25, 0.3) is 22.0 Å². The summed E-state index contributed by atoms with van der Waals surface area (Å²) < 4.78 is 18.0. The molecule has 0 bridgehead atoms. The molecule has 2 aromatic carbocycles. The van der Waals surface area contributed by atoms with Crippen LogP contribution in [0, 0.1) is 0 Å². The number of aromatic nitrogens is 3. The molecule has 1 saturated heterocycles. The van der Waals surface area contributed by atoms with Crippen molar-refractivity contribution in [3.8, 4) is 17.0 Å². The SMILES string of the molecule is C=CC(=O)Nc1cccc(-c2cccc3cnc(Nc4ccc(NC5CN(CCF)C5)nc4OC)nc23)c1. The summed E-state index contributed by atoms with van der Waals surface area (Å²) >= 11 is 0. The molecule has 0 radical (unpaired) electrons. The van der Waals surface area contributed by atoms with Gasteiger partial charge in [0.1, 0.15) is 18.2 Å². The Labute approximate surface area is 219 Å². The Hall–Kier alpha value is -4.57. The number of para-hydroxylation sites is 1. The lowest BCUT2D eigenvalue weighted by Crippen LogP contribution is -2.55. The van der Waals surface area contributed by atoms with Gasteiger partial charge in [0.2, 0.25) is 17.7 Å². The number of hydrogen-bond donors (Lipinski definition) is 3. The minimum absolute atomic E-state index is 0.225. The van der Waals surface area contributed by atoms with Gasteiger partial charge in [-0.15, -0.1) is 0 Å². The molecule has 0 aliphatic carbocycles. The van der Waals surface area contributed by atoms with Crippen molar-refractivity contribution in [2.45, 2.75) is 6.04 Å². The van der Waals surface area contributed by atoms with Crippen molar-refractivity contribution in [3.63, 3.8) is 0 Å². The number of halogens is 1. The van der Waals surface area contributed by atoms with E-state index in [2.05, 4.69) is 32.5 Å². The number of hydrogen-bond acceptors (Lipinski definition) is 8. The number of nitrogens with zero attached hydrogens (tertiary/aromatic N) is 4. The van der Waals surface area contributed by atoms with Gasteiger partial charge in [-0.1, -0.05) is 36.9 Å². The van der Waals surface area contributed by atoms with Crippen molar-refractivity contribution in [2.75, 3.05) is 49.4 Å². The standard InChI is InChI=1S/C28H28FN7O2/c1-3-25(37)32-20-8-4-6-18(14-20)22-9-5-7-19-15-30-28(35-26(19)22)33-23-10-11-24(34-27(23)38-2)31-21-16-36(17-21)13-12-29/h3-11,14-15,21H,1,12-13,16-17H2,2H3,(H,31,34)(H,32,37)(H,30,33,35). The number of alkyl halides is 1. The summed E-state index contributed by atoms with van der Waals surface area (Å²) in [5, 5.41) is 10.2. The number of methoxy groups -OCH3 is 1. The second-order valence-electron chi connectivity index (χ2n) is 8.88. The van der Waals surface area contributed by atoms with Crippen LogP contribution in [0.15, 0.2) is 73.4 Å². The van der Waals surface area contributed by atoms with Gasteiger partial charge in [-0.05, 0) is 35.9 Å². The highest BCUT2D eigenvalue weighted by Crippen LogP contribution is 2.31. The van der Waals surface area contributed by atoms with Gasteiger partial charge in [0.15, 0.2) is 0 Å². The molecule has 1 fully saturated rings. The van der Waals surface area contributed by atoms with Crippen LogP contribution in [0.5, 0.6) is 5.88 Å². The zero-order valence-corrected chi connectivity index (χ0v) is 20.9. The molecule has 10 heteroatoms. The zero-order chi connectivity index (χ0) is 26.5. The number of amides is 1. The molecule has 3 N–H and O–H groups in total. The third-order valence-electron chi connectivity index (χ3n) is 6.25. The first-order chi connectivity index (χ1) is 18.6. The highest BCUT2D eigenvalue weighted by atomic mass is 19.1. The minimum atomic E-state index is -0.335. The van der Waals surface area contributed by atoms with E-state index in [1.54, 1.807) is 13.3 Å². The van der Waals surface area contributed by atoms with Gasteiger partial charge in [-0.25, -0.2) is 14.4 Å². The van der Waals surface area contributed by atoms with E-state index in [0.717, 1.165) is 35.1 Å². The maximum Gasteiger partial charge on any atom is 0.247 e. The van der Waals surface area contributed by atoms with Crippen LogP contribution < -0.4 is 20.7 Å². The van der Waals surface area contributed by atoms with E-state index in [4.69, 9.17) is 9.72 Å². The van der Waals surface area contributed by atoms with E-state index in [1.807, 2.05) is 59.5 Å². The summed E-state index contributed by atoms with van der Waals surface area (Å²) in [6, 6.07) is 17.4. The largest absolute Gasteiger partial charge is 0.479 e. The van der Waals surface area contributed by atoms with Crippen LogP contribution in [-0.4, -0.2) is 65.2 Å². The molecule has 194 valence electrons. The first kappa shape index (κ1) is 25.1. The summed E-state index contributed by atoms with van der Waals surface area (Å²) in [4.78, 5) is 27.6. The number of likely N-dealkylation sites (tertiary alicyclic amines) is 1. The van der Waals surface area contributed by atoms with Crippen LogP contribution in [0.1, 0.15) is 0 Å². The van der Waals surface area contributed by atoms with Gasteiger partial charge in [0.05, 0.1) is 18.7 Å². The molecule has 0 saturated carbocycles. The average molecular weight is 514 g/mol. The lowest BCUT2D eigenvalue weighted by Gasteiger charge is -2.39. The molecule has 5 rings (SSSR count). The molecule has 1 aliphatic heterocycles. The van der Waals surface area contributed by atoms with Crippen molar-refractivity contribution in [3.05, 3.63) is 73.4 Å². The molecular formula is C28H28FN7O2. The summed E-state index contributed by atoms with van der Waals surface area (Å²) in [5.74, 6) is 1.20. The third kappa shape index (κ3) is 5.55. The summed E-state index contributed by atoms with van der Waals surface area (Å²) in [6.45, 7) is 5.19. The molecule has 3 heterocycles. The first-order valence-corrected chi connectivity index (χ1v) is 12.2. The number of nitrogens with one attached hydrogen (secondary N) is 3. The monoisotopic (exact) mass is 513 g/mol. The highest BCUT2D eigenvalue weighted by molar-refractivity contribution is 6.00. The van der Waals surface area contributed by atoms with E-state index in [0.29, 0.717) is 35.6 Å². The molecule has 0 spiro atoms. The summed E-state index contributed by atoms with van der Waals surface area (Å²) in [5.41, 5.74) is 3.84. The number of ether oxygens (including phenoxy) is 1. The average Bonchev–Trinajstić information content (AvgIpc) is 2.92. The zero-order valence-electron chi connectivity index (χ0n) is 20.9. The van der Waals surface area contributed by atoms with E-state index in [1.165, 1.54) is 6.08 Å². The Balaban J connectivity index is 1.38. The van der Waals surface area contributed by atoms with E-state index < -0.39 is 0 Å². The summed E-state index contributed by atoms with van der Waals surface area (Å²) in [7, 11) is 1.56. The maximum absolute atomic E-state index is 12.5. The summed E-state index contributed by atoms with van der Waals surface area (Å²) in [6.07, 6.45) is 2.99. The Morgan fingerprint density at radius 2 is 2.03 bits per heavy atom. The maximum atomic E-state index is 12.5. The van der Waals surface area contributed by atoms with E-state index in [9.17, 15) is 9.18 Å². The van der Waals surface area contributed by atoms with Crippen LogP contribution in [0.4, 0.5) is 27.5 Å². The van der Waals surface area contributed by atoms with Crippen molar-refractivity contribution in [1.82, 2.24) is 19.9 Å². The predicted octanol–water partition coefficient (Wildman–Crippen LogP) is 4.63. The number of pyridine rings is 1. The minimum Gasteiger partial charge on any atom is -0.479 e. The van der Waals surface area contributed by atoms with Crippen molar-refractivity contribution >= 4 is 40.0 Å². The van der Waals surface area contributed by atoms with Gasteiger partial charge < -0.3 is 20.7 Å². The Morgan fingerprint density at radius 3 is 2.82 bits per heavy atom. The first-order valence-electron chi connectivity index (χ1n) is 12.2. The Bertz CT molecular complexity index is 1470. The normalized spacial score (nSPS) is 13.5. The molecule has 9 nitrogen and oxygen atoms in total. The molecule has 4 aromatic rings. The molecule has 0 atom stereocenters. The lowest BCUT2D eigenvalue weighted by molar-refractivity contribution is -0.111. The van der Waals surface area contributed by atoms with E-state index >= 15 is 0 Å². The van der Waals surface area contributed by atoms with Gasteiger partial charge in [-0.3, -0.25) is 9.69 Å². The number of anilines is 4. The number of benzene rings is 2. The fourth-order valence-electron chi connectivity index (χ4n) is 4.37. The van der Waals surface area contributed by atoms with Crippen molar-refractivity contribution in [1.29, 1.82) is 0 Å². The van der Waals surface area contributed by atoms with Gasteiger partial charge in [0, 0.05) is 42.5 Å². The second-order valence-corrected chi connectivity index (χ2v) is 8.88. The van der Waals surface area contributed by atoms with Crippen LogP contribution in [-0.2, 0) is 4.79 Å². The van der Waals surface area contributed by atoms with E-state index in [-0.39, 0.29) is 18.6 Å². The van der Waals surface area contributed by atoms with Crippen molar-refractivity contribution < 1.29 is 13.9 Å². The van der Waals surface area contributed by atoms with Gasteiger partial charge in [0.25, 0.3) is 0 Å². The molecule has 0 unspecified atom stereocenters. The molecule has 2 aromatic heterocycles. The predicted molar refractivity (Wildman–Crippen MR) is 148 cm³/mol. The second kappa shape index (κ2) is 11.2. The number of rotatable bonds is 10. The van der Waals surface area contributed by atoms with Gasteiger partial charge in [-0.2, -0.15) is 4.98 Å². The quantitative estimate of drug-likeness (QED) is 0.264. The Morgan fingerprint density at radius 1 is 1.18 bits per heavy atom.